The van der Waals surface area contributed by atoms with Crippen molar-refractivity contribution in [2.45, 2.75) is 39.5 Å². The molecule has 4 heteroatoms. The van der Waals surface area contributed by atoms with E-state index in [4.69, 9.17) is 4.74 Å². The number of carbonyl (C=O) groups excluding carboxylic acids is 2. The van der Waals surface area contributed by atoms with E-state index in [-0.39, 0.29) is 18.3 Å². The van der Waals surface area contributed by atoms with Crippen molar-refractivity contribution in [3.63, 3.8) is 0 Å². The number of hydrogen-bond acceptors (Lipinski definition) is 3. The van der Waals surface area contributed by atoms with Crippen molar-refractivity contribution in [3.8, 4) is 5.75 Å². The smallest absolute Gasteiger partial charge is 0.257 e. The van der Waals surface area contributed by atoms with Gasteiger partial charge in [-0.15, -0.1) is 0 Å². The number of benzene rings is 2. The van der Waals surface area contributed by atoms with Gasteiger partial charge in [-0.3, -0.25) is 9.59 Å². The molecule has 0 saturated carbocycles. The lowest BCUT2D eigenvalue weighted by molar-refractivity contribution is -0.123. The predicted molar refractivity (Wildman–Crippen MR) is 104 cm³/mol. The minimum atomic E-state index is -0.143. The highest BCUT2D eigenvalue weighted by molar-refractivity contribution is 5.94. The van der Waals surface area contributed by atoms with Crippen LogP contribution in [0.5, 0.6) is 5.75 Å². The van der Waals surface area contributed by atoms with Gasteiger partial charge in [0.2, 0.25) is 0 Å². The van der Waals surface area contributed by atoms with E-state index in [9.17, 15) is 9.59 Å². The van der Waals surface area contributed by atoms with Crippen LogP contribution in [-0.4, -0.2) is 24.8 Å². The molecule has 0 atom stereocenters. The summed E-state index contributed by atoms with van der Waals surface area (Å²) in [6.07, 6.45) is 1.83. The summed E-state index contributed by atoms with van der Waals surface area (Å²) in [5, 5.41) is 2.86. The van der Waals surface area contributed by atoms with Crippen LogP contribution in [0, 0.1) is 0 Å². The zero-order valence-electron chi connectivity index (χ0n) is 15.7. The first-order valence-corrected chi connectivity index (χ1v) is 9.05. The summed E-state index contributed by atoms with van der Waals surface area (Å²) < 4.78 is 5.43. The van der Waals surface area contributed by atoms with Gasteiger partial charge in [-0.05, 0) is 61.1 Å². The largest absolute Gasteiger partial charge is 0.484 e. The molecule has 1 N–H and O–H groups in total. The molecule has 138 valence electrons. The number of rotatable bonds is 9. The summed E-state index contributed by atoms with van der Waals surface area (Å²) >= 11 is 0. The van der Waals surface area contributed by atoms with E-state index >= 15 is 0 Å². The molecule has 1 amide bonds. The average Bonchev–Trinajstić information content (AvgIpc) is 2.64. The Hall–Kier alpha value is -2.62. The van der Waals surface area contributed by atoms with Crippen LogP contribution in [0.2, 0.25) is 0 Å². The number of carbonyl (C=O) groups is 2. The molecule has 4 nitrogen and oxygen atoms in total. The lowest BCUT2D eigenvalue weighted by Crippen LogP contribution is -2.29. The lowest BCUT2D eigenvalue weighted by Gasteiger charge is -2.09. The number of hydrogen-bond donors (Lipinski definition) is 1. The zero-order chi connectivity index (χ0) is 18.9. The molecule has 0 aromatic heterocycles. The number of nitrogens with one attached hydrogen (secondary N) is 1. The van der Waals surface area contributed by atoms with Crippen molar-refractivity contribution in [1.82, 2.24) is 5.32 Å². The van der Waals surface area contributed by atoms with Crippen molar-refractivity contribution < 1.29 is 14.3 Å². The van der Waals surface area contributed by atoms with E-state index < -0.39 is 0 Å². The summed E-state index contributed by atoms with van der Waals surface area (Å²) in [6.45, 7) is 6.48. The summed E-state index contributed by atoms with van der Waals surface area (Å²) in [5.74, 6) is 0.987. The van der Waals surface area contributed by atoms with Crippen LogP contribution >= 0.6 is 0 Å². The Morgan fingerprint density at radius 1 is 1.00 bits per heavy atom. The Balaban J connectivity index is 1.65. The molecule has 0 saturated heterocycles. The molecule has 0 aliphatic carbocycles. The Kier molecular flexibility index (Phi) is 7.39. The van der Waals surface area contributed by atoms with Crippen molar-refractivity contribution in [2.24, 2.45) is 0 Å². The lowest BCUT2D eigenvalue weighted by atomic mass is 10.0. The fraction of sp³-hybridized carbons (Fsp3) is 0.364. The monoisotopic (exact) mass is 353 g/mol. The van der Waals surface area contributed by atoms with E-state index in [0.717, 1.165) is 12.8 Å². The quantitative estimate of drug-likeness (QED) is 0.544. The fourth-order valence-electron chi connectivity index (χ4n) is 2.58. The van der Waals surface area contributed by atoms with Gasteiger partial charge in [0, 0.05) is 12.1 Å². The predicted octanol–water partition coefficient (Wildman–Crippen LogP) is 4.14. The molecule has 2 rings (SSSR count). The maximum absolute atomic E-state index is 11.8. The maximum Gasteiger partial charge on any atom is 0.257 e. The number of ether oxygens (including phenoxy) is 1. The highest BCUT2D eigenvalue weighted by atomic mass is 16.5. The van der Waals surface area contributed by atoms with Crippen LogP contribution < -0.4 is 10.1 Å². The second-order valence-electron chi connectivity index (χ2n) is 6.72. The van der Waals surface area contributed by atoms with Gasteiger partial charge in [0.15, 0.2) is 12.4 Å². The van der Waals surface area contributed by atoms with E-state index in [1.165, 1.54) is 18.1 Å². The molecule has 0 bridgehead atoms. The van der Waals surface area contributed by atoms with E-state index in [1.807, 2.05) is 0 Å². The van der Waals surface area contributed by atoms with Crippen molar-refractivity contribution >= 4 is 11.7 Å². The third-order valence-corrected chi connectivity index (χ3v) is 4.24. The second kappa shape index (κ2) is 9.76. The maximum atomic E-state index is 11.8. The molecule has 2 aromatic rings. The molecule has 0 fully saturated rings. The van der Waals surface area contributed by atoms with E-state index in [2.05, 4.69) is 43.4 Å². The number of ketones is 1. The first kappa shape index (κ1) is 19.7. The zero-order valence-corrected chi connectivity index (χ0v) is 15.7. The molecule has 0 spiro atoms. The topological polar surface area (TPSA) is 55.4 Å². The standard InChI is InChI=1S/C22H27NO3/c1-16(2)19-8-6-18(7-9-19)5-4-14-23-22(25)15-26-21-12-10-20(11-13-21)17(3)24/h6-13,16H,4-5,14-15H2,1-3H3,(H,23,25). The van der Waals surface area contributed by atoms with Gasteiger partial charge in [-0.25, -0.2) is 0 Å². The number of Topliss-reactive ketones (excluding diaryl/α,β-unsaturated/α-hetero) is 1. The minimum Gasteiger partial charge on any atom is -0.484 e. The van der Waals surface area contributed by atoms with Gasteiger partial charge in [0.05, 0.1) is 0 Å². The molecule has 0 aliphatic rings. The molecule has 2 aromatic carbocycles. The Morgan fingerprint density at radius 3 is 2.23 bits per heavy atom. The van der Waals surface area contributed by atoms with Crippen LogP contribution in [0.3, 0.4) is 0 Å². The third kappa shape index (κ3) is 6.36. The molecular formula is C22H27NO3. The summed E-state index contributed by atoms with van der Waals surface area (Å²) in [6, 6.07) is 15.4. The van der Waals surface area contributed by atoms with Crippen LogP contribution in [0.1, 0.15) is 54.6 Å². The normalized spacial score (nSPS) is 10.6. The Morgan fingerprint density at radius 2 is 1.65 bits per heavy atom. The SMILES string of the molecule is CC(=O)c1ccc(OCC(=O)NCCCc2ccc(C(C)C)cc2)cc1. The van der Waals surface area contributed by atoms with Crippen molar-refractivity contribution in [2.75, 3.05) is 13.2 Å². The molecule has 0 aliphatic heterocycles. The van der Waals surface area contributed by atoms with Crippen molar-refractivity contribution in [1.29, 1.82) is 0 Å². The van der Waals surface area contributed by atoms with E-state index in [1.54, 1.807) is 24.3 Å². The van der Waals surface area contributed by atoms with Gasteiger partial charge in [0.25, 0.3) is 5.91 Å². The number of amides is 1. The van der Waals surface area contributed by atoms with Gasteiger partial charge >= 0.3 is 0 Å². The van der Waals surface area contributed by atoms with Crippen LogP contribution in [0.15, 0.2) is 48.5 Å². The molecule has 0 heterocycles. The third-order valence-electron chi connectivity index (χ3n) is 4.24. The van der Waals surface area contributed by atoms with Crippen LogP contribution in [0.25, 0.3) is 0 Å². The summed E-state index contributed by atoms with van der Waals surface area (Å²) in [7, 11) is 0. The Labute approximate surface area is 155 Å². The van der Waals surface area contributed by atoms with Crippen LogP contribution in [-0.2, 0) is 11.2 Å². The van der Waals surface area contributed by atoms with Crippen LogP contribution in [0.4, 0.5) is 0 Å². The number of aryl methyl sites for hydroxylation is 1. The Bertz CT molecular complexity index is 718. The molecule has 0 radical (unpaired) electrons. The highest BCUT2D eigenvalue weighted by Gasteiger charge is 2.04. The van der Waals surface area contributed by atoms with Gasteiger partial charge < -0.3 is 10.1 Å². The first-order valence-electron chi connectivity index (χ1n) is 9.05. The molecular weight excluding hydrogens is 326 g/mol. The van der Waals surface area contributed by atoms with Gasteiger partial charge in [-0.1, -0.05) is 38.1 Å². The minimum absolute atomic E-state index is 0.00754. The highest BCUT2D eigenvalue weighted by Crippen LogP contribution is 2.15. The average molecular weight is 353 g/mol. The first-order chi connectivity index (χ1) is 12.5. The molecule has 0 unspecified atom stereocenters. The summed E-state index contributed by atoms with van der Waals surface area (Å²) in [4.78, 5) is 23.0. The van der Waals surface area contributed by atoms with Gasteiger partial charge in [-0.2, -0.15) is 0 Å². The fourth-order valence-corrected chi connectivity index (χ4v) is 2.58. The second-order valence-corrected chi connectivity index (χ2v) is 6.72. The van der Waals surface area contributed by atoms with E-state index in [0.29, 0.717) is 23.8 Å². The summed E-state index contributed by atoms with van der Waals surface area (Å²) in [5.41, 5.74) is 3.25. The molecule has 26 heavy (non-hydrogen) atoms. The van der Waals surface area contributed by atoms with Gasteiger partial charge in [0.1, 0.15) is 5.75 Å². The van der Waals surface area contributed by atoms with Crippen molar-refractivity contribution in [3.05, 3.63) is 65.2 Å².